The summed E-state index contributed by atoms with van der Waals surface area (Å²) >= 11 is 5.90. The molecule has 1 aromatic rings. The third kappa shape index (κ3) is 2.39. The number of nitrogens with zero attached hydrogens (tertiary/aromatic N) is 1. The molecule has 0 aromatic heterocycles. The third-order valence-electron chi connectivity index (χ3n) is 4.03. The van der Waals surface area contributed by atoms with Crippen LogP contribution in [0, 0.1) is 5.92 Å². The molecule has 2 atom stereocenters. The summed E-state index contributed by atoms with van der Waals surface area (Å²) in [6.07, 6.45) is -1.58. The molecule has 0 radical (unpaired) electrons. The molecule has 2 aliphatic rings. The Balaban J connectivity index is 2.07. The molecular formula is C16H11ClF3NO3. The maximum Gasteiger partial charge on any atom is 0.397 e. The van der Waals surface area contributed by atoms with Crippen molar-refractivity contribution >= 4 is 23.4 Å². The number of hydrogen-bond acceptors (Lipinski definition) is 3. The van der Waals surface area contributed by atoms with E-state index in [4.69, 9.17) is 11.6 Å². The van der Waals surface area contributed by atoms with E-state index < -0.39 is 34.5 Å². The maximum atomic E-state index is 13.2. The van der Waals surface area contributed by atoms with Gasteiger partial charge >= 0.3 is 6.18 Å². The molecular weight excluding hydrogens is 347 g/mol. The lowest BCUT2D eigenvalue weighted by atomic mass is 9.87. The van der Waals surface area contributed by atoms with E-state index in [0.717, 1.165) is 12.2 Å². The molecule has 1 aromatic carbocycles. The highest BCUT2D eigenvalue weighted by atomic mass is 35.5. The summed E-state index contributed by atoms with van der Waals surface area (Å²) in [5.74, 6) is -4.13. The zero-order valence-electron chi connectivity index (χ0n) is 12.3. The van der Waals surface area contributed by atoms with Gasteiger partial charge in [-0.3, -0.25) is 9.59 Å². The SMILES string of the molecule is CC1(Cl)C=CC(N2C(=O)c3cccc(O)c3C2=O)=CC1C(F)(F)F. The minimum atomic E-state index is -4.65. The minimum Gasteiger partial charge on any atom is -0.507 e. The van der Waals surface area contributed by atoms with Gasteiger partial charge in [0.15, 0.2) is 0 Å². The second kappa shape index (κ2) is 5.11. The molecule has 1 heterocycles. The van der Waals surface area contributed by atoms with Gasteiger partial charge in [0.05, 0.1) is 21.9 Å². The maximum absolute atomic E-state index is 13.2. The Morgan fingerprint density at radius 3 is 2.50 bits per heavy atom. The predicted octanol–water partition coefficient (Wildman–Crippen LogP) is 3.62. The summed E-state index contributed by atoms with van der Waals surface area (Å²) < 4.78 is 39.7. The molecule has 0 bridgehead atoms. The highest BCUT2D eigenvalue weighted by Crippen LogP contribution is 2.44. The minimum absolute atomic E-state index is 0.0583. The van der Waals surface area contributed by atoms with Gasteiger partial charge in [-0.2, -0.15) is 13.2 Å². The van der Waals surface area contributed by atoms with Crippen molar-refractivity contribution in [1.82, 2.24) is 4.90 Å². The molecule has 0 saturated heterocycles. The van der Waals surface area contributed by atoms with Crippen molar-refractivity contribution in [2.24, 2.45) is 5.92 Å². The number of amides is 2. The molecule has 126 valence electrons. The molecule has 4 nitrogen and oxygen atoms in total. The Kier molecular flexibility index (Phi) is 3.53. The van der Waals surface area contributed by atoms with Crippen LogP contribution in [0.4, 0.5) is 13.2 Å². The number of phenolic OH excluding ortho intramolecular Hbond substituents is 1. The number of imide groups is 1. The standard InChI is InChI=1S/C16H11ClF3NO3/c1-15(17)6-5-8(7-11(15)16(18,19)20)21-13(23)9-3-2-4-10(22)12(9)14(21)24/h2-7,11,22H,1H3. The predicted molar refractivity (Wildman–Crippen MR) is 79.6 cm³/mol. The van der Waals surface area contributed by atoms with Crippen LogP contribution >= 0.6 is 11.6 Å². The first kappa shape index (κ1) is 16.6. The Labute approximate surface area is 139 Å². The number of fused-ring (bicyclic) bond motifs is 1. The molecule has 1 aliphatic carbocycles. The van der Waals surface area contributed by atoms with Gasteiger partial charge in [-0.05, 0) is 31.2 Å². The van der Waals surface area contributed by atoms with Gasteiger partial charge < -0.3 is 5.11 Å². The van der Waals surface area contributed by atoms with Gasteiger partial charge in [-0.25, -0.2) is 4.90 Å². The second-order valence-corrected chi connectivity index (χ2v) is 6.56. The lowest BCUT2D eigenvalue weighted by Gasteiger charge is -2.33. The lowest BCUT2D eigenvalue weighted by Crippen LogP contribution is -2.41. The summed E-state index contributed by atoms with van der Waals surface area (Å²) in [5, 5.41) is 9.76. The topological polar surface area (TPSA) is 57.6 Å². The smallest absolute Gasteiger partial charge is 0.397 e. The van der Waals surface area contributed by atoms with Crippen LogP contribution in [0.25, 0.3) is 0 Å². The summed E-state index contributed by atoms with van der Waals surface area (Å²) in [4.78, 5) is 23.7. The molecule has 8 heteroatoms. The molecule has 2 amide bonds. The van der Waals surface area contributed by atoms with E-state index in [1.807, 2.05) is 0 Å². The molecule has 24 heavy (non-hydrogen) atoms. The van der Waals surface area contributed by atoms with E-state index in [0.29, 0.717) is 4.90 Å². The molecule has 3 rings (SSSR count). The van der Waals surface area contributed by atoms with Gasteiger partial charge in [0.1, 0.15) is 5.75 Å². The first-order valence-corrected chi connectivity index (χ1v) is 7.29. The van der Waals surface area contributed by atoms with Crippen LogP contribution in [0.15, 0.2) is 42.1 Å². The molecule has 0 fully saturated rings. The van der Waals surface area contributed by atoms with Crippen molar-refractivity contribution in [1.29, 1.82) is 0 Å². The van der Waals surface area contributed by atoms with E-state index >= 15 is 0 Å². The summed E-state index contributed by atoms with van der Waals surface area (Å²) in [6.45, 7) is 1.20. The van der Waals surface area contributed by atoms with E-state index in [-0.39, 0.29) is 16.8 Å². The summed E-state index contributed by atoms with van der Waals surface area (Å²) in [7, 11) is 0. The average Bonchev–Trinajstić information content (AvgIpc) is 2.71. The fraction of sp³-hybridized carbons (Fsp3) is 0.250. The van der Waals surface area contributed by atoms with Crippen molar-refractivity contribution in [3.05, 3.63) is 53.3 Å². The Morgan fingerprint density at radius 1 is 1.25 bits per heavy atom. The van der Waals surface area contributed by atoms with Crippen LogP contribution in [-0.2, 0) is 0 Å². The molecule has 1 aliphatic heterocycles. The van der Waals surface area contributed by atoms with Crippen LogP contribution in [0.2, 0.25) is 0 Å². The van der Waals surface area contributed by atoms with Crippen molar-refractivity contribution in [3.63, 3.8) is 0 Å². The Morgan fingerprint density at radius 2 is 1.92 bits per heavy atom. The fourth-order valence-corrected chi connectivity index (χ4v) is 3.06. The number of carbonyl (C=O) groups is 2. The largest absolute Gasteiger partial charge is 0.507 e. The lowest BCUT2D eigenvalue weighted by molar-refractivity contribution is -0.166. The second-order valence-electron chi connectivity index (χ2n) is 5.74. The number of allylic oxidation sites excluding steroid dienone is 3. The normalized spacial score (nSPS) is 26.6. The summed E-state index contributed by atoms with van der Waals surface area (Å²) in [6, 6.07) is 3.94. The monoisotopic (exact) mass is 357 g/mol. The van der Waals surface area contributed by atoms with Crippen LogP contribution in [0.1, 0.15) is 27.6 Å². The molecule has 0 spiro atoms. The molecule has 2 unspecified atom stereocenters. The van der Waals surface area contributed by atoms with Crippen molar-refractivity contribution in [2.45, 2.75) is 18.0 Å². The van der Waals surface area contributed by atoms with Crippen molar-refractivity contribution < 1.29 is 27.9 Å². The van der Waals surface area contributed by atoms with E-state index in [9.17, 15) is 27.9 Å². The van der Waals surface area contributed by atoms with E-state index in [1.54, 1.807) is 0 Å². The zero-order valence-corrected chi connectivity index (χ0v) is 13.0. The van der Waals surface area contributed by atoms with Gasteiger partial charge in [-0.1, -0.05) is 12.1 Å². The van der Waals surface area contributed by atoms with Gasteiger partial charge in [0.2, 0.25) is 0 Å². The first-order chi connectivity index (χ1) is 11.0. The van der Waals surface area contributed by atoms with Crippen LogP contribution < -0.4 is 0 Å². The molecule has 0 saturated carbocycles. The number of phenols is 1. The van der Waals surface area contributed by atoms with Crippen LogP contribution in [0.5, 0.6) is 5.75 Å². The Hall–Kier alpha value is -2.28. The number of aromatic hydroxyl groups is 1. The first-order valence-electron chi connectivity index (χ1n) is 6.91. The van der Waals surface area contributed by atoms with Crippen molar-refractivity contribution in [3.8, 4) is 5.75 Å². The van der Waals surface area contributed by atoms with Crippen LogP contribution in [-0.4, -0.2) is 32.9 Å². The Bertz CT molecular complexity index is 811. The van der Waals surface area contributed by atoms with E-state index in [1.165, 1.54) is 31.2 Å². The number of rotatable bonds is 1. The highest BCUT2D eigenvalue weighted by Gasteiger charge is 2.51. The quantitative estimate of drug-likeness (QED) is 0.617. The van der Waals surface area contributed by atoms with Crippen molar-refractivity contribution in [2.75, 3.05) is 0 Å². The van der Waals surface area contributed by atoms with Gasteiger partial charge in [0.25, 0.3) is 11.8 Å². The number of alkyl halides is 4. The van der Waals surface area contributed by atoms with Gasteiger partial charge in [-0.15, -0.1) is 11.6 Å². The fourth-order valence-electron chi connectivity index (χ4n) is 2.81. The molecule has 1 N–H and O–H groups in total. The average molecular weight is 358 g/mol. The van der Waals surface area contributed by atoms with Crippen LogP contribution in [0.3, 0.4) is 0 Å². The highest BCUT2D eigenvalue weighted by molar-refractivity contribution is 6.26. The number of carbonyl (C=O) groups excluding carboxylic acids is 2. The number of benzene rings is 1. The van der Waals surface area contributed by atoms with Gasteiger partial charge in [0, 0.05) is 5.70 Å². The summed E-state index contributed by atoms with van der Waals surface area (Å²) in [5.41, 5.74) is -0.502. The number of hydrogen-bond donors (Lipinski definition) is 1. The number of halogens is 4. The zero-order chi connectivity index (χ0) is 17.9. The van der Waals surface area contributed by atoms with E-state index in [2.05, 4.69) is 0 Å². The third-order valence-corrected chi connectivity index (χ3v) is 4.39.